The molecule has 0 bridgehead atoms. The maximum atomic E-state index is 13.5. The second-order valence-electron chi connectivity index (χ2n) is 6.23. The molecule has 3 aromatic rings. The summed E-state index contributed by atoms with van der Waals surface area (Å²) in [7, 11) is -2.37. The number of allylic oxidation sites excluding steroid dienone is 2. The van der Waals surface area contributed by atoms with Gasteiger partial charge in [0.2, 0.25) is 11.6 Å². The Morgan fingerprint density at radius 2 is 2.00 bits per heavy atom. The number of nitrogens with one attached hydrogen (secondary N) is 2. The van der Waals surface area contributed by atoms with Gasteiger partial charge in [0.25, 0.3) is 0 Å². The highest BCUT2D eigenvalue weighted by Gasteiger charge is 2.24. The van der Waals surface area contributed by atoms with Crippen molar-refractivity contribution >= 4 is 29.0 Å². The first-order chi connectivity index (χ1) is 14.0. The molecule has 1 aliphatic rings. The molecule has 0 saturated carbocycles. The Labute approximate surface area is 171 Å². The topological polar surface area (TPSA) is 128 Å². The molecule has 152 valence electrons. The third-order valence-corrected chi connectivity index (χ3v) is 7.26. The first kappa shape index (κ1) is 19.7. The zero-order valence-corrected chi connectivity index (χ0v) is 17.3. The van der Waals surface area contributed by atoms with Crippen molar-refractivity contribution in [3.05, 3.63) is 51.2 Å². The fourth-order valence-corrected chi connectivity index (χ4v) is 5.11. The molecule has 13 heteroatoms. The fraction of sp³-hybridized carbons (Fsp3) is 0.250. The summed E-state index contributed by atoms with van der Waals surface area (Å²) in [5.41, 5.74) is 0.465. The maximum absolute atomic E-state index is 13.5. The number of benzene rings is 1. The molecule has 0 atom stereocenters. The number of nitrogens with zero attached hydrogens (tertiary/aromatic N) is 4. The van der Waals surface area contributed by atoms with Crippen LogP contribution in [0.15, 0.2) is 48.8 Å². The molecule has 0 fully saturated rings. The minimum Gasteiger partial charge on any atom is -0.364 e. The number of rotatable bonds is 7. The summed E-state index contributed by atoms with van der Waals surface area (Å²) < 4.78 is 36.8. The average molecular weight is 485 g/mol. The van der Waals surface area contributed by atoms with Crippen LogP contribution in [0.3, 0.4) is 0 Å². The first-order valence-corrected chi connectivity index (χ1v) is 11.4. The lowest BCUT2D eigenvalue weighted by Gasteiger charge is -2.13. The number of anilines is 1. The van der Waals surface area contributed by atoms with Crippen molar-refractivity contribution in [3.63, 3.8) is 0 Å². The molecule has 10 nitrogen and oxygen atoms in total. The molecule has 0 aliphatic carbocycles. The Morgan fingerprint density at radius 3 is 2.76 bits per heavy atom. The normalized spacial score (nSPS) is 15.1. The Kier molecular flexibility index (Phi) is 5.48. The molecule has 1 aromatic carbocycles. The highest BCUT2D eigenvalue weighted by molar-refractivity contribution is 9.10. The molecule has 4 rings (SSSR count). The van der Waals surface area contributed by atoms with Gasteiger partial charge in [-0.3, -0.25) is 9.61 Å². The smallest absolute Gasteiger partial charge is 0.364 e. The summed E-state index contributed by atoms with van der Waals surface area (Å²) in [5.74, 6) is -0.981. The molecule has 2 N–H and O–H groups in total. The lowest BCUT2D eigenvalue weighted by atomic mass is 10.3. The van der Waals surface area contributed by atoms with Crippen molar-refractivity contribution in [2.24, 2.45) is 0 Å². The molecule has 2 aromatic heterocycles. The van der Waals surface area contributed by atoms with Gasteiger partial charge >= 0.3 is 5.76 Å². The summed E-state index contributed by atoms with van der Waals surface area (Å²) in [5, 5.41) is 17.4. The van der Waals surface area contributed by atoms with Crippen LogP contribution < -0.4 is 16.2 Å². The molecule has 3 heterocycles. The molecule has 1 aliphatic heterocycles. The van der Waals surface area contributed by atoms with Crippen LogP contribution in [-0.4, -0.2) is 45.5 Å². The van der Waals surface area contributed by atoms with E-state index >= 15 is 0 Å². The van der Waals surface area contributed by atoms with Gasteiger partial charge in [0.15, 0.2) is 13.0 Å². The molecule has 0 saturated heterocycles. The van der Waals surface area contributed by atoms with Crippen molar-refractivity contribution in [1.82, 2.24) is 25.1 Å². The average Bonchev–Trinajstić information content (AvgIpc) is 3.41. The molecular weight excluding hydrogens is 470 g/mol. The Bertz CT molecular complexity index is 1160. The lowest BCUT2D eigenvalue weighted by Crippen LogP contribution is -2.21. The van der Waals surface area contributed by atoms with Crippen LogP contribution in [0.5, 0.6) is 0 Å². The van der Waals surface area contributed by atoms with Gasteiger partial charge in [-0.1, -0.05) is 17.3 Å². The molecule has 0 radical (unpaired) electrons. The van der Waals surface area contributed by atoms with Crippen LogP contribution in [0.25, 0.3) is 17.2 Å². The van der Waals surface area contributed by atoms with E-state index in [1.54, 1.807) is 0 Å². The van der Waals surface area contributed by atoms with Gasteiger partial charge in [-0.25, -0.2) is 18.4 Å². The van der Waals surface area contributed by atoms with Gasteiger partial charge in [-0.05, 0) is 44.4 Å². The van der Waals surface area contributed by atoms with Crippen LogP contribution in [0.2, 0.25) is 0 Å². The van der Waals surface area contributed by atoms with Crippen LogP contribution in [-0.2, 0) is 4.57 Å². The Balaban J connectivity index is 1.53. The van der Waals surface area contributed by atoms with Crippen LogP contribution in [0, 0.1) is 5.82 Å². The van der Waals surface area contributed by atoms with Gasteiger partial charge in [0.05, 0.1) is 10.2 Å². The first-order valence-electron chi connectivity index (χ1n) is 8.56. The third kappa shape index (κ3) is 4.09. The Hall–Kier alpha value is -2.56. The largest absolute Gasteiger partial charge is 0.446 e. The van der Waals surface area contributed by atoms with Gasteiger partial charge < -0.3 is 9.88 Å². The summed E-state index contributed by atoms with van der Waals surface area (Å²) >= 11 is 3.08. The Morgan fingerprint density at radius 1 is 1.21 bits per heavy atom. The van der Waals surface area contributed by atoms with Crippen LogP contribution >= 0.6 is 23.2 Å². The van der Waals surface area contributed by atoms with Gasteiger partial charge in [0.1, 0.15) is 5.82 Å². The monoisotopic (exact) mass is 484 g/mol. The number of hydrogen-bond donors (Lipinski definition) is 2. The summed E-state index contributed by atoms with van der Waals surface area (Å²) in [6.07, 6.45) is 4.89. The molecule has 0 spiro atoms. The summed E-state index contributed by atoms with van der Waals surface area (Å²) in [4.78, 5) is 12.2. The highest BCUT2D eigenvalue weighted by atomic mass is 79.9. The van der Waals surface area contributed by atoms with Crippen molar-refractivity contribution in [3.8, 4) is 17.2 Å². The van der Waals surface area contributed by atoms with Gasteiger partial charge in [0, 0.05) is 25.4 Å². The minimum absolute atomic E-state index is 0.0398. The van der Waals surface area contributed by atoms with Crippen molar-refractivity contribution < 1.29 is 18.1 Å². The minimum atomic E-state index is -2.37. The van der Waals surface area contributed by atoms with E-state index in [-0.39, 0.29) is 21.8 Å². The second kappa shape index (κ2) is 8.05. The number of hydrogen-bond acceptors (Lipinski definition) is 8. The van der Waals surface area contributed by atoms with E-state index < -0.39 is 18.9 Å². The fourth-order valence-electron chi connectivity index (χ4n) is 2.84. The van der Waals surface area contributed by atoms with Crippen LogP contribution in [0.4, 0.5) is 10.2 Å². The van der Waals surface area contributed by atoms with Crippen molar-refractivity contribution in [2.45, 2.75) is 0 Å². The highest BCUT2D eigenvalue weighted by Crippen LogP contribution is 2.44. The van der Waals surface area contributed by atoms with E-state index in [1.165, 1.54) is 18.2 Å². The standard InChI is InChI=1S/C16H15BrFN6O4P/c17-11-9-10(3-4-12(11)18)24-15(23-27-16(24)25)13-14(22-28-21-13)19-5-6-20-29(26)7-1-2-8-29/h1-4,9H,5-8H2,(H,19,22)(H,20,26). The van der Waals surface area contributed by atoms with E-state index in [2.05, 4.69) is 41.8 Å². The van der Waals surface area contributed by atoms with E-state index in [4.69, 9.17) is 9.15 Å². The van der Waals surface area contributed by atoms with Gasteiger partial charge in [-0.15, -0.1) is 0 Å². The lowest BCUT2D eigenvalue weighted by molar-refractivity contribution is 0.309. The quantitative estimate of drug-likeness (QED) is 0.295. The second-order valence-corrected chi connectivity index (χ2v) is 9.91. The molecular formula is C16H15BrFN6O4P. The third-order valence-electron chi connectivity index (χ3n) is 4.25. The molecule has 29 heavy (non-hydrogen) atoms. The van der Waals surface area contributed by atoms with Gasteiger partial charge in [-0.2, -0.15) is 0 Å². The van der Waals surface area contributed by atoms with E-state index in [0.29, 0.717) is 31.1 Å². The number of aromatic nitrogens is 4. The predicted molar refractivity (Wildman–Crippen MR) is 106 cm³/mol. The van der Waals surface area contributed by atoms with E-state index in [0.717, 1.165) is 4.57 Å². The number of halogens is 2. The summed E-state index contributed by atoms with van der Waals surface area (Å²) in [6, 6.07) is 4.02. The maximum Gasteiger partial charge on any atom is 0.446 e. The predicted octanol–water partition coefficient (Wildman–Crippen LogP) is 2.63. The van der Waals surface area contributed by atoms with Crippen molar-refractivity contribution in [1.29, 1.82) is 0 Å². The van der Waals surface area contributed by atoms with Crippen molar-refractivity contribution in [2.75, 3.05) is 30.7 Å². The van der Waals surface area contributed by atoms with E-state index in [9.17, 15) is 13.8 Å². The van der Waals surface area contributed by atoms with Crippen LogP contribution in [0.1, 0.15) is 0 Å². The van der Waals surface area contributed by atoms with E-state index in [1.807, 2.05) is 12.2 Å². The SMILES string of the molecule is O=c1onc(-c2nonc2NCCNP2(=O)CC=CC2)n1-c1ccc(F)c(Br)c1. The zero-order chi connectivity index (χ0) is 20.4. The molecule has 0 unspecified atom stereocenters. The molecule has 0 amide bonds. The summed E-state index contributed by atoms with van der Waals surface area (Å²) in [6.45, 7) is 0.817. The zero-order valence-electron chi connectivity index (χ0n) is 14.8.